The molecule has 0 saturated carbocycles. The van der Waals surface area contributed by atoms with Gasteiger partial charge >= 0.3 is 0 Å². The SMILES string of the molecule is C=CCn1cc(C)nc1NCC1CCN(C)C1. The summed E-state index contributed by atoms with van der Waals surface area (Å²) in [6, 6.07) is 0. The van der Waals surface area contributed by atoms with Crippen LogP contribution in [-0.2, 0) is 6.54 Å². The Morgan fingerprint density at radius 3 is 3.12 bits per heavy atom. The van der Waals surface area contributed by atoms with E-state index in [0.29, 0.717) is 0 Å². The van der Waals surface area contributed by atoms with Crippen LogP contribution < -0.4 is 5.32 Å². The maximum absolute atomic E-state index is 4.50. The summed E-state index contributed by atoms with van der Waals surface area (Å²) >= 11 is 0. The van der Waals surface area contributed by atoms with Gasteiger partial charge in [-0.2, -0.15) is 0 Å². The smallest absolute Gasteiger partial charge is 0.203 e. The lowest BCUT2D eigenvalue weighted by Gasteiger charge is -2.13. The molecule has 94 valence electrons. The molecule has 4 heteroatoms. The largest absolute Gasteiger partial charge is 0.355 e. The summed E-state index contributed by atoms with van der Waals surface area (Å²) in [5.41, 5.74) is 1.05. The third-order valence-electron chi connectivity index (χ3n) is 3.26. The zero-order chi connectivity index (χ0) is 12.3. The number of aromatic nitrogens is 2. The van der Waals surface area contributed by atoms with Crippen molar-refractivity contribution in [1.29, 1.82) is 0 Å². The third-order valence-corrected chi connectivity index (χ3v) is 3.26. The molecule has 1 saturated heterocycles. The highest BCUT2D eigenvalue weighted by molar-refractivity contribution is 5.29. The quantitative estimate of drug-likeness (QED) is 0.788. The van der Waals surface area contributed by atoms with Crippen LogP contribution in [0.3, 0.4) is 0 Å². The van der Waals surface area contributed by atoms with E-state index in [1.807, 2.05) is 13.0 Å². The molecule has 1 N–H and O–H groups in total. The minimum atomic E-state index is 0.745. The summed E-state index contributed by atoms with van der Waals surface area (Å²) in [7, 11) is 2.18. The zero-order valence-electron chi connectivity index (χ0n) is 10.8. The fraction of sp³-hybridized carbons (Fsp3) is 0.615. The molecule has 4 nitrogen and oxygen atoms in total. The Kier molecular flexibility index (Phi) is 3.84. The Hall–Kier alpha value is -1.29. The molecular weight excluding hydrogens is 212 g/mol. The maximum atomic E-state index is 4.50. The monoisotopic (exact) mass is 234 g/mol. The number of nitrogens with zero attached hydrogens (tertiary/aromatic N) is 3. The van der Waals surface area contributed by atoms with Crippen LogP contribution in [0.15, 0.2) is 18.9 Å². The summed E-state index contributed by atoms with van der Waals surface area (Å²) in [6.45, 7) is 10.0. The third kappa shape index (κ3) is 3.09. The molecule has 0 amide bonds. The number of aryl methyl sites for hydroxylation is 1. The van der Waals surface area contributed by atoms with E-state index >= 15 is 0 Å². The number of rotatable bonds is 5. The molecule has 1 aromatic heterocycles. The highest BCUT2D eigenvalue weighted by atomic mass is 15.2. The van der Waals surface area contributed by atoms with Crippen LogP contribution in [0.1, 0.15) is 12.1 Å². The maximum Gasteiger partial charge on any atom is 0.203 e. The Morgan fingerprint density at radius 1 is 1.65 bits per heavy atom. The van der Waals surface area contributed by atoms with E-state index in [-0.39, 0.29) is 0 Å². The first-order chi connectivity index (χ1) is 8.19. The fourth-order valence-corrected chi connectivity index (χ4v) is 2.39. The topological polar surface area (TPSA) is 33.1 Å². The molecule has 0 bridgehead atoms. The number of hydrogen-bond acceptors (Lipinski definition) is 3. The second-order valence-corrected chi connectivity index (χ2v) is 4.94. The van der Waals surface area contributed by atoms with E-state index in [4.69, 9.17) is 0 Å². The van der Waals surface area contributed by atoms with Crippen molar-refractivity contribution in [3.8, 4) is 0 Å². The van der Waals surface area contributed by atoms with Gasteiger partial charge in [-0.25, -0.2) is 4.98 Å². The molecule has 1 aliphatic rings. The number of allylic oxidation sites excluding steroid dienone is 1. The second kappa shape index (κ2) is 5.36. The fourth-order valence-electron chi connectivity index (χ4n) is 2.39. The first kappa shape index (κ1) is 12.2. The van der Waals surface area contributed by atoms with Gasteiger partial charge in [0.15, 0.2) is 0 Å². The Labute approximate surface area is 103 Å². The molecule has 0 radical (unpaired) electrons. The first-order valence-corrected chi connectivity index (χ1v) is 6.26. The summed E-state index contributed by atoms with van der Waals surface area (Å²) < 4.78 is 2.11. The van der Waals surface area contributed by atoms with E-state index in [0.717, 1.165) is 30.6 Å². The van der Waals surface area contributed by atoms with Crippen molar-refractivity contribution in [1.82, 2.24) is 14.5 Å². The Balaban J connectivity index is 1.91. The van der Waals surface area contributed by atoms with E-state index in [1.165, 1.54) is 19.5 Å². The Bertz CT molecular complexity index is 383. The van der Waals surface area contributed by atoms with Gasteiger partial charge in [0.2, 0.25) is 5.95 Å². The van der Waals surface area contributed by atoms with E-state index < -0.39 is 0 Å². The summed E-state index contributed by atoms with van der Waals surface area (Å²) in [6.07, 6.45) is 5.24. The average Bonchev–Trinajstić information content (AvgIpc) is 2.83. The summed E-state index contributed by atoms with van der Waals surface area (Å²) in [5.74, 6) is 1.71. The lowest BCUT2D eigenvalue weighted by atomic mass is 10.1. The number of anilines is 1. The molecule has 1 atom stereocenters. The molecule has 1 fully saturated rings. The van der Waals surface area contributed by atoms with Crippen LogP contribution in [0.4, 0.5) is 5.95 Å². The number of imidazole rings is 1. The molecule has 2 rings (SSSR count). The molecule has 1 aliphatic heterocycles. The van der Waals surface area contributed by atoms with Crippen molar-refractivity contribution in [2.24, 2.45) is 5.92 Å². The van der Waals surface area contributed by atoms with Gasteiger partial charge < -0.3 is 14.8 Å². The second-order valence-electron chi connectivity index (χ2n) is 4.94. The highest BCUT2D eigenvalue weighted by Gasteiger charge is 2.19. The lowest BCUT2D eigenvalue weighted by Crippen LogP contribution is -2.20. The predicted octanol–water partition coefficient (Wildman–Crippen LogP) is 1.74. The number of likely N-dealkylation sites (tertiary alicyclic amines) is 1. The van der Waals surface area contributed by atoms with Crippen LogP contribution in [0, 0.1) is 12.8 Å². The zero-order valence-corrected chi connectivity index (χ0v) is 10.8. The van der Waals surface area contributed by atoms with E-state index in [1.54, 1.807) is 0 Å². The summed E-state index contributed by atoms with van der Waals surface area (Å²) in [5, 5.41) is 3.46. The van der Waals surface area contributed by atoms with Crippen molar-refractivity contribution >= 4 is 5.95 Å². The van der Waals surface area contributed by atoms with Crippen molar-refractivity contribution in [2.45, 2.75) is 19.9 Å². The first-order valence-electron chi connectivity index (χ1n) is 6.26. The van der Waals surface area contributed by atoms with Gasteiger partial charge in [-0.15, -0.1) is 6.58 Å². The molecule has 1 unspecified atom stereocenters. The van der Waals surface area contributed by atoms with Crippen LogP contribution >= 0.6 is 0 Å². The molecular formula is C13H22N4. The Morgan fingerprint density at radius 2 is 2.47 bits per heavy atom. The predicted molar refractivity (Wildman–Crippen MR) is 71.3 cm³/mol. The van der Waals surface area contributed by atoms with Gasteiger partial charge in [0.25, 0.3) is 0 Å². The normalized spacial score (nSPS) is 20.7. The van der Waals surface area contributed by atoms with Gasteiger partial charge in [-0.05, 0) is 32.9 Å². The van der Waals surface area contributed by atoms with Crippen LogP contribution in [0.2, 0.25) is 0 Å². The van der Waals surface area contributed by atoms with Gasteiger partial charge in [-0.3, -0.25) is 0 Å². The van der Waals surface area contributed by atoms with E-state index in [9.17, 15) is 0 Å². The molecule has 0 aliphatic carbocycles. The van der Waals surface area contributed by atoms with Crippen molar-refractivity contribution in [3.63, 3.8) is 0 Å². The minimum Gasteiger partial charge on any atom is -0.355 e. The van der Waals surface area contributed by atoms with Crippen molar-refractivity contribution < 1.29 is 0 Å². The standard InChI is InChI=1S/C13H22N4/c1-4-6-17-9-11(2)15-13(17)14-8-12-5-7-16(3)10-12/h4,9,12H,1,5-8,10H2,2-3H3,(H,14,15). The number of hydrogen-bond donors (Lipinski definition) is 1. The molecule has 2 heterocycles. The molecule has 1 aromatic rings. The van der Waals surface area contributed by atoms with Gasteiger partial charge in [-0.1, -0.05) is 6.08 Å². The van der Waals surface area contributed by atoms with Crippen LogP contribution in [0.5, 0.6) is 0 Å². The lowest BCUT2D eigenvalue weighted by molar-refractivity contribution is 0.399. The van der Waals surface area contributed by atoms with Crippen molar-refractivity contribution in [2.75, 3.05) is 32.0 Å². The molecule has 17 heavy (non-hydrogen) atoms. The summed E-state index contributed by atoms with van der Waals surface area (Å²) in [4.78, 5) is 6.88. The van der Waals surface area contributed by atoms with Gasteiger partial charge in [0, 0.05) is 25.8 Å². The van der Waals surface area contributed by atoms with Crippen LogP contribution in [-0.4, -0.2) is 41.1 Å². The van der Waals surface area contributed by atoms with Crippen molar-refractivity contribution in [3.05, 3.63) is 24.5 Å². The molecule has 0 aromatic carbocycles. The number of nitrogens with one attached hydrogen (secondary N) is 1. The van der Waals surface area contributed by atoms with Gasteiger partial charge in [0.1, 0.15) is 0 Å². The van der Waals surface area contributed by atoms with Gasteiger partial charge in [0.05, 0.1) is 5.69 Å². The molecule has 0 spiro atoms. The minimum absolute atomic E-state index is 0.745. The van der Waals surface area contributed by atoms with E-state index in [2.05, 4.69) is 39.6 Å². The highest BCUT2D eigenvalue weighted by Crippen LogP contribution is 2.16. The van der Waals surface area contributed by atoms with Crippen LogP contribution in [0.25, 0.3) is 0 Å². The average molecular weight is 234 g/mol.